The van der Waals surface area contributed by atoms with E-state index in [1.165, 1.54) is 25.0 Å². The third kappa shape index (κ3) is 21.9. The summed E-state index contributed by atoms with van der Waals surface area (Å²) in [5.41, 5.74) is 12.4. The molecule has 1 aromatic carbocycles. The first kappa shape index (κ1) is 62.5. The molecule has 17 N–H and O–H groups in total. The molecule has 29 nitrogen and oxygen atoms in total. The SMILES string of the molecule is CC[C@H](C)[C@H](NC(=O)[C@@H](NC(=O)[C@H](CCC(=O)O)NC(=O)[C@H](CCC(N)=O)NC(=O)[C@H](Cc1cnc[nH]1)NC(=O)[C@H](Cc1cnc[nH]1)NC(=O)[C@@H](N)CC(=O)O)C(C)C)C(=O)NCC(=O)N[C@@H](Cc1ccccc1)C(=O)O. The van der Waals surface area contributed by atoms with Gasteiger partial charge in [0.1, 0.15) is 42.3 Å². The average Bonchev–Trinajstić information content (AvgIpc) is 4.10. The number of amides is 9. The van der Waals surface area contributed by atoms with E-state index in [9.17, 15) is 67.7 Å². The van der Waals surface area contributed by atoms with Gasteiger partial charge in [-0.2, -0.15) is 0 Å². The number of H-pyrrole nitrogens is 2. The second-order valence-corrected chi connectivity index (χ2v) is 18.4. The Morgan fingerprint density at radius 1 is 0.571 bits per heavy atom. The number of carbonyl (C=O) groups excluding carboxylic acids is 9. The molecule has 2 aromatic heterocycles. The number of carboxylic acid groups (broad SMARTS) is 3. The van der Waals surface area contributed by atoms with Crippen LogP contribution < -0.4 is 54.0 Å². The number of aliphatic carboxylic acids is 3. The topological polar surface area (TPSA) is 471 Å². The monoisotopic (exact) mass is 1080 g/mol. The van der Waals surface area contributed by atoms with E-state index < -0.39 is 170 Å². The van der Waals surface area contributed by atoms with Crippen LogP contribution in [0.2, 0.25) is 0 Å². The summed E-state index contributed by atoms with van der Waals surface area (Å²) in [6.07, 6.45) is 1.91. The lowest BCUT2D eigenvalue weighted by Crippen LogP contribution is -2.61. The quantitative estimate of drug-likeness (QED) is 0.0275. The van der Waals surface area contributed by atoms with Crippen LogP contribution in [0, 0.1) is 11.8 Å². The van der Waals surface area contributed by atoms with E-state index in [4.69, 9.17) is 16.6 Å². The number of nitrogens with zero attached hydrogens (tertiary/aromatic N) is 2. The van der Waals surface area contributed by atoms with Crippen molar-refractivity contribution in [3.8, 4) is 0 Å². The van der Waals surface area contributed by atoms with Crippen molar-refractivity contribution in [2.75, 3.05) is 6.54 Å². The number of nitrogens with one attached hydrogen (secondary N) is 10. The Kier molecular flexibility index (Phi) is 25.3. The minimum Gasteiger partial charge on any atom is -0.481 e. The Bertz CT molecular complexity index is 2510. The number of primary amides is 1. The highest BCUT2D eigenvalue weighted by molar-refractivity contribution is 5.98. The largest absolute Gasteiger partial charge is 0.481 e. The summed E-state index contributed by atoms with van der Waals surface area (Å²) < 4.78 is 0. The minimum atomic E-state index is -1.72. The van der Waals surface area contributed by atoms with Crippen molar-refractivity contribution in [1.82, 2.24) is 62.5 Å². The number of hydrogen-bond acceptors (Lipinski definition) is 15. The van der Waals surface area contributed by atoms with E-state index >= 15 is 0 Å². The molecular formula is C48H68N14O15. The van der Waals surface area contributed by atoms with Gasteiger partial charge in [-0.05, 0) is 30.2 Å². The number of carbonyl (C=O) groups is 12. The highest BCUT2D eigenvalue weighted by Crippen LogP contribution is 2.13. The molecule has 0 aliphatic rings. The van der Waals surface area contributed by atoms with Crippen LogP contribution >= 0.6 is 0 Å². The Labute approximate surface area is 441 Å². The maximum Gasteiger partial charge on any atom is 0.326 e. The first-order chi connectivity index (χ1) is 36.4. The molecule has 0 fully saturated rings. The number of nitrogens with two attached hydrogens (primary N) is 2. The Morgan fingerprint density at radius 2 is 1.06 bits per heavy atom. The Hall–Kier alpha value is -8.76. The molecular weight excluding hydrogens is 1010 g/mol. The van der Waals surface area contributed by atoms with Gasteiger partial charge in [-0.1, -0.05) is 64.4 Å². The molecule has 0 saturated heterocycles. The van der Waals surface area contributed by atoms with Crippen LogP contribution in [-0.4, -0.2) is 161 Å². The molecule has 3 rings (SSSR count). The average molecular weight is 1080 g/mol. The van der Waals surface area contributed by atoms with Gasteiger partial charge < -0.3 is 79.3 Å². The molecule has 0 unspecified atom stereocenters. The lowest BCUT2D eigenvalue weighted by atomic mass is 9.96. The second kappa shape index (κ2) is 31.2. The van der Waals surface area contributed by atoms with Gasteiger partial charge in [0.15, 0.2) is 0 Å². The van der Waals surface area contributed by atoms with Crippen LogP contribution in [0.5, 0.6) is 0 Å². The van der Waals surface area contributed by atoms with E-state index in [0.717, 1.165) is 0 Å². The number of hydrogen-bond donors (Lipinski definition) is 15. The molecule has 0 spiro atoms. The molecule has 3 aromatic rings. The van der Waals surface area contributed by atoms with Crippen molar-refractivity contribution in [1.29, 1.82) is 0 Å². The summed E-state index contributed by atoms with van der Waals surface area (Å²) in [6.45, 7) is 5.79. The van der Waals surface area contributed by atoms with E-state index in [2.05, 4.69) is 62.5 Å². The maximum absolute atomic E-state index is 14.2. The van der Waals surface area contributed by atoms with E-state index in [0.29, 0.717) is 23.4 Å². The van der Waals surface area contributed by atoms with Crippen molar-refractivity contribution >= 4 is 71.1 Å². The number of benzene rings is 1. The van der Waals surface area contributed by atoms with Crippen LogP contribution in [0.4, 0.5) is 0 Å². The standard InChI is InChI=1S/C48H68N14O15/c1-5-25(4)40(46(74)53-21-36(64)56-34(48(76)77)15-26-9-7-6-8-10-26)62-47(75)39(24(2)3)61-43(71)31(12-14-37(65)66)57-42(70)30(11-13-35(50)63)58-44(72)33(17-28-20-52-23-55-28)60-45(73)32(16-27-19-51-22-54-27)59-41(69)29(49)18-38(67)68/h6-10,19-20,22-25,29-34,39-40H,5,11-18,21,49H2,1-4H3,(H2,50,63)(H,51,54)(H,52,55)(H,53,74)(H,56,64)(H,57,70)(H,58,72)(H,59,69)(H,60,73)(H,61,71)(H,62,75)(H,65,66)(H,67,68)(H,76,77)/t25-,29-,30-,31-,32-,33-,34-,39-,40-/m0/s1. The van der Waals surface area contributed by atoms with Gasteiger partial charge in [0, 0.05) is 55.9 Å². The maximum atomic E-state index is 14.2. The minimum absolute atomic E-state index is 0.0387. The fourth-order valence-electron chi connectivity index (χ4n) is 7.43. The Morgan fingerprint density at radius 3 is 1.53 bits per heavy atom. The first-order valence-corrected chi connectivity index (χ1v) is 24.5. The summed E-state index contributed by atoms with van der Waals surface area (Å²) in [7, 11) is 0. The highest BCUT2D eigenvalue weighted by Gasteiger charge is 2.36. The van der Waals surface area contributed by atoms with E-state index in [-0.39, 0.29) is 19.3 Å². The summed E-state index contributed by atoms with van der Waals surface area (Å²) >= 11 is 0. The van der Waals surface area contributed by atoms with Crippen molar-refractivity contribution in [2.45, 2.75) is 134 Å². The molecule has 0 radical (unpaired) electrons. The molecule has 77 heavy (non-hydrogen) atoms. The molecule has 420 valence electrons. The van der Waals surface area contributed by atoms with Gasteiger partial charge in [-0.3, -0.25) is 52.7 Å². The van der Waals surface area contributed by atoms with Crippen molar-refractivity contribution < 1.29 is 72.9 Å². The fourth-order valence-corrected chi connectivity index (χ4v) is 7.43. The predicted octanol–water partition coefficient (Wildman–Crippen LogP) is -3.61. The van der Waals surface area contributed by atoms with Crippen LogP contribution in [0.15, 0.2) is 55.4 Å². The Balaban J connectivity index is 1.84. The van der Waals surface area contributed by atoms with Crippen LogP contribution in [-0.2, 0) is 76.8 Å². The lowest BCUT2D eigenvalue weighted by Gasteiger charge is -2.29. The first-order valence-electron chi connectivity index (χ1n) is 24.5. The third-order valence-corrected chi connectivity index (χ3v) is 11.9. The van der Waals surface area contributed by atoms with Crippen LogP contribution in [0.25, 0.3) is 0 Å². The fraction of sp³-hybridized carbons (Fsp3) is 0.500. The molecule has 9 amide bonds. The summed E-state index contributed by atoms with van der Waals surface area (Å²) in [5, 5.41) is 48.0. The molecule has 0 aliphatic heterocycles. The zero-order chi connectivity index (χ0) is 57.4. The van der Waals surface area contributed by atoms with Crippen molar-refractivity contribution in [3.63, 3.8) is 0 Å². The molecule has 0 bridgehead atoms. The number of rotatable bonds is 34. The zero-order valence-corrected chi connectivity index (χ0v) is 42.8. The summed E-state index contributed by atoms with van der Waals surface area (Å²) in [6, 6.07) is -3.58. The second-order valence-electron chi connectivity index (χ2n) is 18.4. The molecule has 0 saturated carbocycles. The van der Waals surface area contributed by atoms with Gasteiger partial charge in [0.2, 0.25) is 53.2 Å². The number of imidazole rings is 2. The van der Waals surface area contributed by atoms with Gasteiger partial charge in [0.05, 0.1) is 31.7 Å². The highest BCUT2D eigenvalue weighted by atomic mass is 16.4. The number of aromatic amines is 2. The van der Waals surface area contributed by atoms with Crippen LogP contribution in [0.3, 0.4) is 0 Å². The van der Waals surface area contributed by atoms with Gasteiger partial charge in [-0.15, -0.1) is 0 Å². The third-order valence-electron chi connectivity index (χ3n) is 11.9. The van der Waals surface area contributed by atoms with Crippen molar-refractivity contribution in [2.24, 2.45) is 23.3 Å². The smallest absolute Gasteiger partial charge is 0.326 e. The summed E-state index contributed by atoms with van der Waals surface area (Å²) in [5.74, 6) is -14.1. The van der Waals surface area contributed by atoms with Gasteiger partial charge in [0.25, 0.3) is 0 Å². The zero-order valence-electron chi connectivity index (χ0n) is 42.8. The molecule has 29 heteroatoms. The predicted molar refractivity (Wildman–Crippen MR) is 269 cm³/mol. The number of aromatic nitrogens is 4. The van der Waals surface area contributed by atoms with E-state index in [1.807, 2.05) is 0 Å². The molecule has 9 atom stereocenters. The van der Waals surface area contributed by atoms with Crippen molar-refractivity contribution in [3.05, 3.63) is 72.3 Å². The molecule has 2 heterocycles. The summed E-state index contributed by atoms with van der Waals surface area (Å²) in [4.78, 5) is 170. The van der Waals surface area contributed by atoms with Gasteiger partial charge >= 0.3 is 17.9 Å². The molecule has 0 aliphatic carbocycles. The van der Waals surface area contributed by atoms with Gasteiger partial charge in [-0.25, -0.2) is 14.8 Å². The number of carboxylic acids is 3. The normalized spacial score (nSPS) is 14.5. The van der Waals surface area contributed by atoms with E-state index in [1.54, 1.807) is 58.0 Å². The van der Waals surface area contributed by atoms with Crippen LogP contribution in [0.1, 0.15) is 83.2 Å². The lowest BCUT2D eigenvalue weighted by molar-refractivity contribution is -0.142.